The molecule has 8 rings (SSSR count). The summed E-state index contributed by atoms with van der Waals surface area (Å²) in [5, 5.41) is 4.86. The van der Waals surface area contributed by atoms with Gasteiger partial charge in [-0.15, -0.1) is 9.46 Å². The molecule has 1 aromatic heterocycles. The van der Waals surface area contributed by atoms with Crippen molar-refractivity contribution in [1.29, 1.82) is 0 Å². The Balaban J connectivity index is 1.15. The van der Waals surface area contributed by atoms with Gasteiger partial charge < -0.3 is 19.1 Å². The minimum atomic E-state index is -3.68. The van der Waals surface area contributed by atoms with Crippen molar-refractivity contribution in [1.82, 2.24) is 19.4 Å². The van der Waals surface area contributed by atoms with E-state index >= 15 is 0 Å². The van der Waals surface area contributed by atoms with Gasteiger partial charge in [0.05, 0.1) is 37.9 Å². The number of hydrogen-bond acceptors (Lipinski definition) is 9. The number of ether oxygens (including phenoxy) is 3. The Morgan fingerprint density at radius 2 is 2.00 bits per heavy atom. The summed E-state index contributed by atoms with van der Waals surface area (Å²) in [6, 6.07) is 11.4. The largest absolute Gasteiger partial charge is 0.490 e. The summed E-state index contributed by atoms with van der Waals surface area (Å²) >= 11 is 6.49. The zero-order chi connectivity index (χ0) is 41.5. The minimum absolute atomic E-state index is 0.0547. The normalized spacial score (nSPS) is 29.3. The number of alkyl halides is 2. The number of nitrogens with one attached hydrogen (secondary N) is 1. The lowest BCUT2D eigenvalue weighted by Gasteiger charge is -2.46. The van der Waals surface area contributed by atoms with E-state index in [1.54, 1.807) is 25.2 Å². The molecule has 1 saturated carbocycles. The number of allylic oxidation sites excluding steroid dienone is 1. The van der Waals surface area contributed by atoms with E-state index in [0.29, 0.717) is 63.1 Å². The summed E-state index contributed by atoms with van der Waals surface area (Å²) in [4.78, 5) is 32.1. The second-order valence-corrected chi connectivity index (χ2v) is 19.5. The first-order valence-electron chi connectivity index (χ1n) is 20.6. The SMILES string of the molecule is COc1nn(C)cc1C(=O)NS1(=O)=NC(=O)c2ccc3c(c2)N(C[C@@H]2CC[C@H]2[C@@H](OCCN2CC(C(F)F)C2)/C=C\C[C@H](C)C1)C[C@@]1(CCCc2cc(Cl)ccc21)CO3. The number of nitrogens with zero attached hydrogens (tertiary/aromatic N) is 5. The van der Waals surface area contributed by atoms with Crippen LogP contribution in [-0.4, -0.2) is 102 Å². The van der Waals surface area contributed by atoms with Gasteiger partial charge in [-0.2, -0.15) is 0 Å². The van der Waals surface area contributed by atoms with E-state index in [9.17, 15) is 22.6 Å². The Morgan fingerprint density at radius 3 is 2.76 bits per heavy atom. The first kappa shape index (κ1) is 41.7. The van der Waals surface area contributed by atoms with Crippen molar-refractivity contribution in [2.75, 3.05) is 63.7 Å². The molecule has 2 aromatic carbocycles. The highest BCUT2D eigenvalue weighted by Gasteiger charge is 2.45. The van der Waals surface area contributed by atoms with E-state index in [0.717, 1.165) is 37.8 Å². The van der Waals surface area contributed by atoms with Crippen LogP contribution in [0, 0.1) is 23.7 Å². The van der Waals surface area contributed by atoms with E-state index in [1.165, 1.54) is 29.1 Å². The predicted molar refractivity (Wildman–Crippen MR) is 222 cm³/mol. The zero-order valence-corrected chi connectivity index (χ0v) is 35.4. The maximum atomic E-state index is 14.8. The summed E-state index contributed by atoms with van der Waals surface area (Å²) in [5.74, 6) is -1.21. The molecular weight excluding hydrogens is 802 g/mol. The van der Waals surface area contributed by atoms with Crippen LogP contribution >= 0.6 is 11.6 Å². The van der Waals surface area contributed by atoms with Crippen molar-refractivity contribution in [3.05, 3.63) is 82.0 Å². The second kappa shape index (κ2) is 17.1. The van der Waals surface area contributed by atoms with Gasteiger partial charge in [-0.1, -0.05) is 36.7 Å². The van der Waals surface area contributed by atoms with Crippen molar-refractivity contribution in [2.24, 2.45) is 35.1 Å². The van der Waals surface area contributed by atoms with Gasteiger partial charge in [0.25, 0.3) is 11.8 Å². The van der Waals surface area contributed by atoms with Crippen molar-refractivity contribution in [2.45, 2.75) is 63.4 Å². The number of methoxy groups -OCH3 is 1. The number of rotatable bonds is 8. The zero-order valence-electron chi connectivity index (χ0n) is 33.8. The molecule has 2 fully saturated rings. The van der Waals surface area contributed by atoms with Gasteiger partial charge >= 0.3 is 0 Å². The third-order valence-electron chi connectivity index (χ3n) is 12.8. The fourth-order valence-electron chi connectivity index (χ4n) is 9.54. The summed E-state index contributed by atoms with van der Waals surface area (Å²) in [6.07, 6.45) is 8.32. The Morgan fingerprint density at radius 1 is 1.17 bits per heavy atom. The van der Waals surface area contributed by atoms with Crippen LogP contribution in [0.2, 0.25) is 5.02 Å². The molecule has 1 spiro atoms. The molecule has 3 aliphatic heterocycles. The van der Waals surface area contributed by atoms with Crippen molar-refractivity contribution in [3.63, 3.8) is 0 Å². The average Bonchev–Trinajstić information content (AvgIpc) is 3.48. The van der Waals surface area contributed by atoms with E-state index in [-0.39, 0.29) is 52.0 Å². The molecule has 0 radical (unpaired) electrons. The number of aryl methyl sites for hydroxylation is 2. The maximum absolute atomic E-state index is 14.8. The van der Waals surface area contributed by atoms with Crippen LogP contribution < -0.4 is 19.1 Å². The van der Waals surface area contributed by atoms with Crippen LogP contribution in [0.5, 0.6) is 11.6 Å². The van der Waals surface area contributed by atoms with Gasteiger partial charge in [-0.25, -0.2) is 13.0 Å². The lowest BCUT2D eigenvalue weighted by atomic mass is 9.68. The highest BCUT2D eigenvalue weighted by atomic mass is 35.5. The maximum Gasteiger partial charge on any atom is 0.286 e. The van der Waals surface area contributed by atoms with Gasteiger partial charge in [-0.05, 0) is 97.7 Å². The first-order valence-corrected chi connectivity index (χ1v) is 22.7. The van der Waals surface area contributed by atoms with Gasteiger partial charge in [0.1, 0.15) is 21.2 Å². The Bertz CT molecular complexity index is 2220. The molecule has 16 heteroatoms. The standard InChI is InChI=1S/C43H53ClF2N6O6S/c1-27-6-4-8-37(57-17-16-51-20-31(21-51)39(45)46)33-12-9-30(33)22-52-25-43(15-5-7-28-18-32(44)11-13-35(28)43)26-58-38-14-10-29(19-36(38)52)40(53)48-59(55,24-27)49-41(54)34-23-50(2)47-42(34)56-3/h4,8,10-11,13-14,18-19,23,27,30-31,33,37,39H,5-7,9,12,15-17,20-22,24-26H2,1-3H3,(H,48,49,53,54,55)/b8-4-/t27-,30-,33+,37-,43-,59?/m0/s1. The summed E-state index contributed by atoms with van der Waals surface area (Å²) < 4.78 is 68.0. The number of benzene rings is 2. The minimum Gasteiger partial charge on any atom is -0.490 e. The van der Waals surface area contributed by atoms with E-state index < -0.39 is 34.1 Å². The van der Waals surface area contributed by atoms with Gasteiger partial charge in [0.15, 0.2) is 0 Å². The lowest BCUT2D eigenvalue weighted by Crippen LogP contribution is -2.51. The number of carbonyl (C=O) groups is 2. The smallest absolute Gasteiger partial charge is 0.286 e. The van der Waals surface area contributed by atoms with Crippen LogP contribution in [0.25, 0.3) is 0 Å². The third kappa shape index (κ3) is 8.89. The first-order chi connectivity index (χ1) is 28.3. The van der Waals surface area contributed by atoms with Crippen LogP contribution in [0.15, 0.2) is 59.1 Å². The summed E-state index contributed by atoms with van der Waals surface area (Å²) in [5.41, 5.74) is 3.16. The number of aromatic nitrogens is 2. The quantitative estimate of drug-likeness (QED) is 0.246. The molecule has 2 bridgehead atoms. The molecule has 1 N–H and O–H groups in total. The van der Waals surface area contributed by atoms with Gasteiger partial charge in [0, 0.05) is 67.9 Å². The molecule has 3 aromatic rings. The van der Waals surface area contributed by atoms with Crippen molar-refractivity contribution < 1.29 is 36.8 Å². The molecule has 2 amide bonds. The molecule has 59 heavy (non-hydrogen) atoms. The lowest BCUT2D eigenvalue weighted by molar-refractivity contribution is -0.0553. The highest BCUT2D eigenvalue weighted by Crippen LogP contribution is 2.47. The van der Waals surface area contributed by atoms with Crippen molar-refractivity contribution in [3.8, 4) is 11.6 Å². The van der Waals surface area contributed by atoms with Gasteiger partial charge in [-0.3, -0.25) is 23.9 Å². The molecule has 12 nitrogen and oxygen atoms in total. The number of carbonyl (C=O) groups excluding carboxylic acids is 2. The molecule has 1 saturated heterocycles. The monoisotopic (exact) mass is 854 g/mol. The Hall–Kier alpha value is -4.05. The molecule has 5 aliphatic rings. The molecule has 1 unspecified atom stereocenters. The fraction of sp³-hybridized carbons (Fsp3) is 0.558. The van der Waals surface area contributed by atoms with Crippen LogP contribution in [-0.2, 0) is 33.5 Å². The second-order valence-electron chi connectivity index (χ2n) is 17.1. The van der Waals surface area contributed by atoms with Crippen LogP contribution in [0.1, 0.15) is 70.9 Å². The molecule has 2 aliphatic carbocycles. The topological polar surface area (TPSA) is 128 Å². The average molecular weight is 855 g/mol. The number of halogens is 3. The van der Waals surface area contributed by atoms with Crippen LogP contribution in [0.4, 0.5) is 14.5 Å². The van der Waals surface area contributed by atoms with E-state index in [2.05, 4.69) is 37.3 Å². The van der Waals surface area contributed by atoms with Gasteiger partial charge in [0.2, 0.25) is 12.3 Å². The molecular formula is C43H53ClF2N6O6S. The third-order valence-corrected chi connectivity index (χ3v) is 15.0. The number of likely N-dealkylation sites (tertiary alicyclic amines) is 1. The van der Waals surface area contributed by atoms with E-state index in [4.69, 9.17) is 25.8 Å². The number of hydrogen-bond donors (Lipinski definition) is 1. The molecule has 6 atom stereocenters. The summed E-state index contributed by atoms with van der Waals surface area (Å²) in [7, 11) is -0.650. The fourth-order valence-corrected chi connectivity index (χ4v) is 11.6. The van der Waals surface area contributed by atoms with Crippen molar-refractivity contribution >= 4 is 39.0 Å². The van der Waals surface area contributed by atoms with E-state index in [1.807, 2.05) is 24.0 Å². The predicted octanol–water partition coefficient (Wildman–Crippen LogP) is 6.71. The number of fused-ring (bicyclic) bond motifs is 4. The Kier molecular flexibility index (Phi) is 12.1. The number of amides is 2. The summed E-state index contributed by atoms with van der Waals surface area (Å²) in [6.45, 7) is 5.41. The van der Waals surface area contributed by atoms with Crippen LogP contribution in [0.3, 0.4) is 0 Å². The number of anilines is 1. The molecule has 318 valence electrons. The Labute approximate surface area is 349 Å². The highest BCUT2D eigenvalue weighted by molar-refractivity contribution is 7.92. The molecule has 4 heterocycles.